The van der Waals surface area contributed by atoms with E-state index in [9.17, 15) is 5.11 Å². The Morgan fingerprint density at radius 3 is 2.19 bits per heavy atom. The molecule has 6 nitrogen and oxygen atoms in total. The van der Waals surface area contributed by atoms with Crippen molar-refractivity contribution in [2.24, 2.45) is 0 Å². The van der Waals surface area contributed by atoms with Gasteiger partial charge in [0.25, 0.3) is 0 Å². The number of phenolic OH excluding ortho intramolecular Hbond substituents is 2. The maximum absolute atomic E-state index is 9.23. The molecule has 0 aliphatic heterocycles. The van der Waals surface area contributed by atoms with Crippen LogP contribution in [0.2, 0.25) is 0 Å². The van der Waals surface area contributed by atoms with Crippen LogP contribution in [-0.2, 0) is 11.0 Å². The Bertz CT molecular complexity index is 389. The number of aromatic hydroxyl groups is 2. The van der Waals surface area contributed by atoms with Crippen molar-refractivity contribution in [3.63, 3.8) is 0 Å². The van der Waals surface area contributed by atoms with E-state index in [1.807, 2.05) is 0 Å². The van der Waals surface area contributed by atoms with E-state index in [0.717, 1.165) is 0 Å². The van der Waals surface area contributed by atoms with Gasteiger partial charge in [0.05, 0.1) is 0 Å². The third kappa shape index (κ3) is 7.03. The van der Waals surface area contributed by atoms with Gasteiger partial charge in [-0.15, -0.1) is 6.58 Å². The highest BCUT2D eigenvalue weighted by molar-refractivity contribution is 7.45. The number of benzene rings is 1. The molecule has 1 aromatic carbocycles. The topological polar surface area (TPSA) is 118 Å². The summed E-state index contributed by atoms with van der Waals surface area (Å²) in [6.07, 6.45) is 2.24. The summed E-state index contributed by atoms with van der Waals surface area (Å²) < 4.78 is 8.88. The summed E-state index contributed by atoms with van der Waals surface area (Å²) >= 11 is 0. The van der Waals surface area contributed by atoms with Crippen LogP contribution in [-0.4, -0.2) is 24.9 Å². The van der Waals surface area contributed by atoms with Crippen LogP contribution in [0, 0.1) is 0 Å². The number of phenols is 2. The van der Waals surface area contributed by atoms with Crippen LogP contribution in [0.5, 0.6) is 11.5 Å². The molecule has 7 heteroatoms. The fourth-order valence-corrected chi connectivity index (χ4v) is 0.898. The van der Waals surface area contributed by atoms with E-state index in [1.165, 1.54) is 6.07 Å². The standard InChI is InChI=1S/C9H10O2.H3O4P/c1-2-4-7-5-3-6-8(10)9(7)11;1-5(2,3)4/h2-3,5-6,10-11H,1,4H2;(H3,1,2,3,4). The fourth-order valence-electron chi connectivity index (χ4n) is 0.898. The van der Waals surface area contributed by atoms with Gasteiger partial charge < -0.3 is 24.9 Å². The summed E-state index contributed by atoms with van der Waals surface area (Å²) in [5, 5.41) is 18.3. The molecule has 0 aliphatic carbocycles. The molecule has 0 saturated carbocycles. The fraction of sp³-hybridized carbons (Fsp3) is 0.111. The van der Waals surface area contributed by atoms with Crippen LogP contribution in [0.25, 0.3) is 0 Å². The number of rotatable bonds is 2. The first-order chi connectivity index (χ1) is 7.25. The molecule has 1 rings (SSSR count). The van der Waals surface area contributed by atoms with Crippen molar-refractivity contribution in [1.82, 2.24) is 0 Å². The van der Waals surface area contributed by atoms with Crippen LogP contribution < -0.4 is 0 Å². The number of allylic oxidation sites excluding steroid dienone is 1. The van der Waals surface area contributed by atoms with E-state index in [0.29, 0.717) is 12.0 Å². The molecule has 90 valence electrons. The third-order valence-electron chi connectivity index (χ3n) is 1.46. The van der Waals surface area contributed by atoms with Crippen LogP contribution in [0.15, 0.2) is 30.9 Å². The lowest BCUT2D eigenvalue weighted by atomic mass is 10.1. The molecule has 0 radical (unpaired) electrons. The Balaban J connectivity index is 0.000000385. The van der Waals surface area contributed by atoms with Gasteiger partial charge in [-0.05, 0) is 12.5 Å². The van der Waals surface area contributed by atoms with E-state index in [2.05, 4.69) is 6.58 Å². The van der Waals surface area contributed by atoms with Crippen LogP contribution in [0.3, 0.4) is 0 Å². The lowest BCUT2D eigenvalue weighted by Crippen LogP contribution is -1.81. The molecule has 0 fully saturated rings. The average Bonchev–Trinajstić information content (AvgIpc) is 2.10. The second-order valence-electron chi connectivity index (χ2n) is 2.79. The predicted molar refractivity (Wildman–Crippen MR) is 57.9 cm³/mol. The van der Waals surface area contributed by atoms with Gasteiger partial charge in [-0.1, -0.05) is 18.2 Å². The smallest absolute Gasteiger partial charge is 0.466 e. The summed E-state index contributed by atoms with van der Waals surface area (Å²) in [6.45, 7) is 3.53. The average molecular weight is 248 g/mol. The number of hydrogen-bond donors (Lipinski definition) is 5. The van der Waals surface area contributed by atoms with Crippen LogP contribution in [0.1, 0.15) is 5.56 Å². The van der Waals surface area contributed by atoms with Gasteiger partial charge in [0.1, 0.15) is 0 Å². The van der Waals surface area contributed by atoms with Gasteiger partial charge in [0, 0.05) is 5.56 Å². The molecule has 0 aliphatic rings. The molecular formula is C9H13O6P. The maximum Gasteiger partial charge on any atom is 0.466 e. The zero-order valence-electron chi connectivity index (χ0n) is 8.32. The molecule has 0 aromatic heterocycles. The normalized spacial score (nSPS) is 10.2. The van der Waals surface area contributed by atoms with E-state index in [1.54, 1.807) is 18.2 Å². The summed E-state index contributed by atoms with van der Waals surface area (Å²) in [4.78, 5) is 21.6. The Kier molecular flexibility index (Phi) is 5.77. The lowest BCUT2D eigenvalue weighted by Gasteiger charge is -2.01. The molecular weight excluding hydrogens is 235 g/mol. The Morgan fingerprint density at radius 1 is 1.25 bits per heavy atom. The number of phosphoric acid groups is 1. The molecule has 0 heterocycles. The van der Waals surface area contributed by atoms with Crippen molar-refractivity contribution >= 4 is 7.82 Å². The molecule has 16 heavy (non-hydrogen) atoms. The Labute approximate surface area is 92.4 Å². The summed E-state index contributed by atoms with van der Waals surface area (Å²) in [6, 6.07) is 4.88. The number of hydrogen-bond acceptors (Lipinski definition) is 3. The van der Waals surface area contributed by atoms with Crippen molar-refractivity contribution < 1.29 is 29.5 Å². The maximum atomic E-state index is 9.23. The molecule has 0 saturated heterocycles. The molecule has 0 amide bonds. The van der Waals surface area contributed by atoms with Crippen molar-refractivity contribution in [2.45, 2.75) is 6.42 Å². The lowest BCUT2D eigenvalue weighted by molar-refractivity contribution is 0.275. The monoisotopic (exact) mass is 248 g/mol. The summed E-state index contributed by atoms with van der Waals surface area (Å²) in [5.41, 5.74) is 0.694. The SMILES string of the molecule is C=CCc1cccc(O)c1O.O=P(O)(O)O. The zero-order chi connectivity index (χ0) is 12.8. The van der Waals surface area contributed by atoms with Crippen molar-refractivity contribution in [3.05, 3.63) is 36.4 Å². The zero-order valence-corrected chi connectivity index (χ0v) is 9.21. The highest BCUT2D eigenvalue weighted by atomic mass is 31.2. The minimum absolute atomic E-state index is 0.0487. The molecule has 0 unspecified atom stereocenters. The van der Waals surface area contributed by atoms with E-state index >= 15 is 0 Å². The van der Waals surface area contributed by atoms with E-state index < -0.39 is 7.82 Å². The van der Waals surface area contributed by atoms with Crippen molar-refractivity contribution in [2.75, 3.05) is 0 Å². The third-order valence-corrected chi connectivity index (χ3v) is 1.46. The van der Waals surface area contributed by atoms with Gasteiger partial charge in [0.15, 0.2) is 11.5 Å². The molecule has 1 aromatic rings. The summed E-state index contributed by atoms with van der Waals surface area (Å²) in [5.74, 6) is -0.128. The molecule has 5 N–H and O–H groups in total. The molecule has 0 spiro atoms. The summed E-state index contributed by atoms with van der Waals surface area (Å²) in [7, 11) is -4.64. The van der Waals surface area contributed by atoms with Gasteiger partial charge in [-0.2, -0.15) is 0 Å². The quantitative estimate of drug-likeness (QED) is 0.301. The highest BCUT2D eigenvalue weighted by Crippen LogP contribution is 2.28. The van der Waals surface area contributed by atoms with Gasteiger partial charge >= 0.3 is 7.82 Å². The Hall–Kier alpha value is -1.33. The first-order valence-corrected chi connectivity index (χ1v) is 5.71. The number of para-hydroxylation sites is 1. The van der Waals surface area contributed by atoms with Gasteiger partial charge in [-0.3, -0.25) is 0 Å². The molecule has 0 atom stereocenters. The minimum atomic E-state index is -4.64. The van der Waals surface area contributed by atoms with Crippen LogP contribution in [0.4, 0.5) is 0 Å². The second kappa shape index (κ2) is 6.30. The van der Waals surface area contributed by atoms with E-state index in [-0.39, 0.29) is 11.5 Å². The Morgan fingerprint density at radius 2 is 1.75 bits per heavy atom. The first kappa shape index (κ1) is 14.7. The largest absolute Gasteiger partial charge is 0.504 e. The van der Waals surface area contributed by atoms with Gasteiger partial charge in [0.2, 0.25) is 0 Å². The van der Waals surface area contributed by atoms with E-state index in [4.69, 9.17) is 24.4 Å². The van der Waals surface area contributed by atoms with Crippen molar-refractivity contribution in [1.29, 1.82) is 0 Å². The second-order valence-corrected chi connectivity index (χ2v) is 3.82. The first-order valence-electron chi connectivity index (χ1n) is 4.14. The molecule has 0 bridgehead atoms. The van der Waals surface area contributed by atoms with Crippen LogP contribution >= 0.6 is 7.82 Å². The predicted octanol–water partition coefficient (Wildman–Crippen LogP) is 0.898. The van der Waals surface area contributed by atoms with Crippen molar-refractivity contribution in [3.8, 4) is 11.5 Å². The minimum Gasteiger partial charge on any atom is -0.504 e. The van der Waals surface area contributed by atoms with Gasteiger partial charge in [-0.25, -0.2) is 4.57 Å². The highest BCUT2D eigenvalue weighted by Gasteiger charge is 2.02.